The van der Waals surface area contributed by atoms with Crippen molar-refractivity contribution in [2.75, 3.05) is 5.32 Å². The smallest absolute Gasteiger partial charge is 0.255 e. The Labute approximate surface area is 168 Å². The molecule has 0 aliphatic carbocycles. The number of carbonyl (C=O) groups excluding carboxylic acids is 1. The lowest BCUT2D eigenvalue weighted by atomic mass is 10.1. The van der Waals surface area contributed by atoms with E-state index >= 15 is 0 Å². The molecular formula is C20H15ClN2O4S. The average Bonchev–Trinajstić information content (AvgIpc) is 2.69. The van der Waals surface area contributed by atoms with Crippen LogP contribution in [0.5, 0.6) is 5.75 Å². The summed E-state index contributed by atoms with van der Waals surface area (Å²) in [5.41, 5.74) is 2.17. The van der Waals surface area contributed by atoms with Gasteiger partial charge in [0.1, 0.15) is 5.75 Å². The summed E-state index contributed by atoms with van der Waals surface area (Å²) >= 11 is 6.24. The molecule has 8 heteroatoms. The van der Waals surface area contributed by atoms with Crippen molar-refractivity contribution in [2.24, 2.45) is 0 Å². The molecule has 6 nitrogen and oxygen atoms in total. The van der Waals surface area contributed by atoms with Crippen LogP contribution in [0.1, 0.15) is 22.8 Å². The average molecular weight is 415 g/mol. The molecule has 1 aromatic heterocycles. The number of aromatic nitrogens is 1. The van der Waals surface area contributed by atoms with Crippen molar-refractivity contribution in [2.45, 2.75) is 6.92 Å². The summed E-state index contributed by atoms with van der Waals surface area (Å²) in [6.07, 6.45) is 1.65. The highest BCUT2D eigenvalue weighted by Gasteiger charge is 2.13. The van der Waals surface area contributed by atoms with Gasteiger partial charge in [0, 0.05) is 28.6 Å². The first-order valence-electron chi connectivity index (χ1n) is 8.15. The van der Waals surface area contributed by atoms with Crippen molar-refractivity contribution in [1.82, 2.24) is 4.98 Å². The highest BCUT2D eigenvalue weighted by Crippen LogP contribution is 2.29. The van der Waals surface area contributed by atoms with E-state index in [9.17, 15) is 18.3 Å². The largest absolute Gasteiger partial charge is 0.507 e. The summed E-state index contributed by atoms with van der Waals surface area (Å²) < 4.78 is 22.1. The number of carbonyl (C=O) groups is 1. The Morgan fingerprint density at radius 3 is 2.54 bits per heavy atom. The van der Waals surface area contributed by atoms with E-state index in [4.69, 9.17) is 11.6 Å². The van der Waals surface area contributed by atoms with Crippen LogP contribution < -0.4 is 5.32 Å². The van der Waals surface area contributed by atoms with Crippen LogP contribution >= 0.6 is 11.6 Å². The van der Waals surface area contributed by atoms with Gasteiger partial charge in [0.15, 0.2) is 0 Å². The van der Waals surface area contributed by atoms with E-state index in [0.717, 1.165) is 0 Å². The Morgan fingerprint density at radius 2 is 1.89 bits per heavy atom. The third kappa shape index (κ3) is 4.21. The zero-order valence-electron chi connectivity index (χ0n) is 14.7. The summed E-state index contributed by atoms with van der Waals surface area (Å²) in [6, 6.07) is 14.5. The Hall–Kier alpha value is -3.16. The molecular weight excluding hydrogens is 400 g/mol. The van der Waals surface area contributed by atoms with Gasteiger partial charge in [0.2, 0.25) is 10.3 Å². The SMILES string of the molecule is CC(c1ccc(C(=O)Nc2ccc(Cl)c(-c3ccccn3)c2)cc1O)=S(=O)=O. The lowest BCUT2D eigenvalue weighted by Gasteiger charge is -2.10. The van der Waals surface area contributed by atoms with E-state index in [1.165, 1.54) is 25.1 Å². The monoisotopic (exact) mass is 414 g/mol. The molecule has 0 unspecified atom stereocenters. The van der Waals surface area contributed by atoms with Gasteiger partial charge in [-0.15, -0.1) is 0 Å². The van der Waals surface area contributed by atoms with Crippen LogP contribution in [0.25, 0.3) is 11.3 Å². The number of hydrogen-bond acceptors (Lipinski definition) is 5. The molecule has 0 bridgehead atoms. The number of nitrogens with zero attached hydrogens (tertiary/aromatic N) is 1. The second kappa shape index (κ2) is 8.24. The normalized spacial score (nSPS) is 10.4. The Kier molecular flexibility index (Phi) is 5.77. The van der Waals surface area contributed by atoms with Crippen LogP contribution in [0.2, 0.25) is 5.02 Å². The number of phenols is 1. The van der Waals surface area contributed by atoms with Gasteiger partial charge in [-0.05, 0) is 55.5 Å². The minimum absolute atomic E-state index is 0.0119. The Bertz CT molecular complexity index is 1180. The molecule has 1 heterocycles. The lowest BCUT2D eigenvalue weighted by Crippen LogP contribution is -2.12. The Morgan fingerprint density at radius 1 is 1.11 bits per heavy atom. The number of amides is 1. The first-order valence-corrected chi connectivity index (χ1v) is 9.60. The van der Waals surface area contributed by atoms with Gasteiger partial charge < -0.3 is 10.4 Å². The molecule has 3 rings (SSSR count). The number of aromatic hydroxyl groups is 1. The van der Waals surface area contributed by atoms with E-state index in [1.54, 1.807) is 30.5 Å². The number of benzene rings is 2. The van der Waals surface area contributed by atoms with Crippen molar-refractivity contribution in [3.05, 3.63) is 76.9 Å². The highest BCUT2D eigenvalue weighted by atomic mass is 35.5. The van der Waals surface area contributed by atoms with Gasteiger partial charge in [0.05, 0.1) is 15.6 Å². The fourth-order valence-corrected chi connectivity index (χ4v) is 3.15. The van der Waals surface area contributed by atoms with E-state index < -0.39 is 16.2 Å². The molecule has 3 aromatic rings. The molecule has 0 aliphatic rings. The number of pyridine rings is 1. The van der Waals surface area contributed by atoms with E-state index in [2.05, 4.69) is 10.3 Å². The molecule has 0 fully saturated rings. The second-order valence-electron chi connectivity index (χ2n) is 5.89. The second-order valence-corrected chi connectivity index (χ2v) is 7.38. The first kappa shape index (κ1) is 19.6. The molecule has 28 heavy (non-hydrogen) atoms. The van der Waals surface area contributed by atoms with Crippen LogP contribution in [-0.4, -0.2) is 29.3 Å². The fraction of sp³-hybridized carbons (Fsp3) is 0.0500. The Balaban J connectivity index is 1.88. The summed E-state index contributed by atoms with van der Waals surface area (Å²) in [5, 5.41) is 13.3. The van der Waals surface area contributed by atoms with E-state index in [1.807, 2.05) is 12.1 Å². The molecule has 0 saturated heterocycles. The maximum absolute atomic E-state index is 12.5. The lowest BCUT2D eigenvalue weighted by molar-refractivity contribution is 0.102. The van der Waals surface area contributed by atoms with Crippen LogP contribution in [0.3, 0.4) is 0 Å². The maximum Gasteiger partial charge on any atom is 0.255 e. The van der Waals surface area contributed by atoms with Crippen LogP contribution in [0.4, 0.5) is 5.69 Å². The number of phenolic OH excluding ortho intramolecular Hbond substituents is 1. The van der Waals surface area contributed by atoms with Gasteiger partial charge >= 0.3 is 0 Å². The number of rotatable bonds is 4. The van der Waals surface area contributed by atoms with Crippen molar-refractivity contribution >= 4 is 38.4 Å². The zero-order valence-corrected chi connectivity index (χ0v) is 16.3. The van der Waals surface area contributed by atoms with Crippen molar-refractivity contribution < 1.29 is 18.3 Å². The van der Waals surface area contributed by atoms with Crippen LogP contribution in [0.15, 0.2) is 60.8 Å². The fourth-order valence-electron chi connectivity index (χ4n) is 2.59. The predicted octanol–water partition coefficient (Wildman–Crippen LogP) is 3.78. The van der Waals surface area contributed by atoms with Gasteiger partial charge in [-0.2, -0.15) is 8.42 Å². The van der Waals surface area contributed by atoms with Crippen molar-refractivity contribution in [3.63, 3.8) is 0 Å². The molecule has 142 valence electrons. The van der Waals surface area contributed by atoms with Gasteiger partial charge in [-0.1, -0.05) is 17.7 Å². The summed E-state index contributed by atoms with van der Waals surface area (Å²) in [4.78, 5) is 16.8. The molecule has 0 atom stereocenters. The quantitative estimate of drug-likeness (QED) is 0.500. The summed E-state index contributed by atoms with van der Waals surface area (Å²) in [6.45, 7) is 1.37. The van der Waals surface area contributed by atoms with Gasteiger partial charge in [-0.3, -0.25) is 9.78 Å². The summed E-state index contributed by atoms with van der Waals surface area (Å²) in [7, 11) is -2.46. The van der Waals surface area contributed by atoms with Crippen molar-refractivity contribution in [1.29, 1.82) is 0 Å². The standard InChI is InChI=1S/C20H15ClN2O4S/c1-12(28(26)27)15-7-5-13(10-19(15)24)20(25)23-14-6-8-17(21)16(11-14)18-4-2-3-9-22-18/h2-11,24H,1H3,(H,23,25). The third-order valence-corrected chi connectivity index (χ3v) is 5.10. The topological polar surface area (TPSA) is 96.4 Å². The highest BCUT2D eigenvalue weighted by molar-refractivity contribution is 7.73. The minimum atomic E-state index is -2.46. The summed E-state index contributed by atoms with van der Waals surface area (Å²) in [5.74, 6) is -0.753. The van der Waals surface area contributed by atoms with E-state index in [0.29, 0.717) is 22.0 Å². The van der Waals surface area contributed by atoms with Gasteiger partial charge in [0.25, 0.3) is 5.91 Å². The maximum atomic E-state index is 12.5. The van der Waals surface area contributed by atoms with Crippen molar-refractivity contribution in [3.8, 4) is 17.0 Å². The van der Waals surface area contributed by atoms with E-state index in [-0.39, 0.29) is 21.7 Å². The predicted molar refractivity (Wildman–Crippen MR) is 109 cm³/mol. The van der Waals surface area contributed by atoms with Crippen LogP contribution in [0, 0.1) is 0 Å². The molecule has 2 aromatic carbocycles. The molecule has 0 aliphatic heterocycles. The molecule has 2 N–H and O–H groups in total. The first-order chi connectivity index (χ1) is 13.4. The number of nitrogens with one attached hydrogen (secondary N) is 1. The minimum Gasteiger partial charge on any atom is -0.507 e. The molecule has 0 saturated carbocycles. The zero-order chi connectivity index (χ0) is 20.3. The number of hydrogen-bond donors (Lipinski definition) is 2. The molecule has 0 radical (unpaired) electrons. The van der Waals surface area contributed by atoms with Crippen LogP contribution in [-0.2, 0) is 10.3 Å². The number of halogens is 1. The van der Waals surface area contributed by atoms with Gasteiger partial charge in [-0.25, -0.2) is 0 Å². The molecule has 0 spiro atoms. The number of anilines is 1. The molecule has 1 amide bonds. The third-order valence-electron chi connectivity index (χ3n) is 4.05.